The monoisotopic (exact) mass is 221 g/mol. The van der Waals surface area contributed by atoms with Crippen molar-refractivity contribution < 1.29 is 23.1 Å². The third-order valence-corrected chi connectivity index (χ3v) is 2.06. The maximum atomic E-state index is 12.5. The van der Waals surface area contributed by atoms with E-state index in [1.165, 1.54) is 0 Å². The molecule has 82 valence electrons. The number of alkyl halides is 3. The largest absolute Gasteiger partial charge is 0.476 e. The van der Waals surface area contributed by atoms with Crippen molar-refractivity contribution in [1.29, 1.82) is 0 Å². The predicted molar refractivity (Wildman–Crippen MR) is 40.3 cm³/mol. The highest BCUT2D eigenvalue weighted by Crippen LogP contribution is 2.40. The Morgan fingerprint density at radius 3 is 2.47 bits per heavy atom. The topological polar surface area (TPSA) is 68.0 Å². The maximum Gasteiger partial charge on any atom is 0.435 e. The first kappa shape index (κ1) is 9.94. The summed E-state index contributed by atoms with van der Waals surface area (Å²) < 4.78 is 38.2. The van der Waals surface area contributed by atoms with Crippen LogP contribution in [0.15, 0.2) is 0 Å². The van der Waals surface area contributed by atoms with Gasteiger partial charge in [-0.1, -0.05) is 5.21 Å². The van der Waals surface area contributed by atoms with Gasteiger partial charge in [0.2, 0.25) is 5.69 Å². The maximum absolute atomic E-state index is 12.5. The molecule has 0 amide bonds. The summed E-state index contributed by atoms with van der Waals surface area (Å²) in [6.45, 7) is 0. The van der Waals surface area contributed by atoms with Crippen LogP contribution in [0.5, 0.6) is 0 Å². The first-order valence-corrected chi connectivity index (χ1v) is 4.17. The van der Waals surface area contributed by atoms with Crippen molar-refractivity contribution in [1.82, 2.24) is 15.0 Å². The van der Waals surface area contributed by atoms with Crippen molar-refractivity contribution in [2.75, 3.05) is 0 Å². The fraction of sp³-hybridized carbons (Fsp3) is 0.571. The zero-order valence-corrected chi connectivity index (χ0v) is 7.32. The molecule has 1 N–H and O–H groups in total. The fourth-order valence-electron chi connectivity index (χ4n) is 1.28. The summed E-state index contributed by atoms with van der Waals surface area (Å²) in [6.07, 6.45) is -3.59. The van der Waals surface area contributed by atoms with Crippen LogP contribution >= 0.6 is 0 Å². The highest BCUT2D eigenvalue weighted by atomic mass is 19.4. The van der Waals surface area contributed by atoms with E-state index in [1.807, 2.05) is 0 Å². The fourth-order valence-corrected chi connectivity index (χ4v) is 1.28. The zero-order chi connectivity index (χ0) is 11.2. The molecule has 2 rings (SSSR count). The minimum absolute atomic E-state index is 0.359. The lowest BCUT2D eigenvalue weighted by atomic mass is 10.3. The first-order valence-electron chi connectivity index (χ1n) is 4.17. The van der Waals surface area contributed by atoms with Crippen molar-refractivity contribution in [3.05, 3.63) is 11.4 Å². The lowest BCUT2D eigenvalue weighted by Gasteiger charge is -2.08. The Kier molecular flexibility index (Phi) is 1.95. The van der Waals surface area contributed by atoms with Gasteiger partial charge in [-0.25, -0.2) is 9.48 Å². The minimum Gasteiger partial charge on any atom is -0.476 e. The van der Waals surface area contributed by atoms with Gasteiger partial charge in [0.15, 0.2) is 5.69 Å². The summed E-state index contributed by atoms with van der Waals surface area (Å²) in [5.41, 5.74) is -2.30. The predicted octanol–water partition coefficient (Wildman–Crippen LogP) is 1.33. The van der Waals surface area contributed by atoms with Crippen molar-refractivity contribution in [2.45, 2.75) is 25.1 Å². The number of halogens is 3. The Bertz CT molecular complexity index is 408. The summed E-state index contributed by atoms with van der Waals surface area (Å²) in [6, 6.07) is -0.359. The molecule has 1 aromatic heterocycles. The van der Waals surface area contributed by atoms with Gasteiger partial charge >= 0.3 is 12.1 Å². The van der Waals surface area contributed by atoms with E-state index in [0.717, 1.165) is 0 Å². The van der Waals surface area contributed by atoms with Gasteiger partial charge in [-0.3, -0.25) is 0 Å². The van der Waals surface area contributed by atoms with Crippen molar-refractivity contribution >= 4 is 5.97 Å². The highest BCUT2D eigenvalue weighted by molar-refractivity contribution is 5.86. The Morgan fingerprint density at radius 2 is 2.07 bits per heavy atom. The molecule has 1 saturated carbocycles. The van der Waals surface area contributed by atoms with Crippen molar-refractivity contribution in [2.24, 2.45) is 0 Å². The molecule has 1 aromatic rings. The SMILES string of the molecule is O=C(O)c1nnn(C2CC2)c1C(F)(F)F. The molecule has 0 atom stereocenters. The Labute approximate surface area is 81.5 Å². The molecule has 0 spiro atoms. The molecule has 15 heavy (non-hydrogen) atoms. The van der Waals surface area contributed by atoms with Crippen LogP contribution in [0.4, 0.5) is 13.2 Å². The number of rotatable bonds is 2. The molecule has 1 aliphatic carbocycles. The third kappa shape index (κ3) is 1.66. The van der Waals surface area contributed by atoms with E-state index in [0.29, 0.717) is 17.5 Å². The number of nitrogens with zero attached hydrogens (tertiary/aromatic N) is 3. The van der Waals surface area contributed by atoms with Gasteiger partial charge < -0.3 is 5.11 Å². The molecule has 1 fully saturated rings. The number of aromatic nitrogens is 3. The van der Waals surface area contributed by atoms with E-state index >= 15 is 0 Å². The summed E-state index contributed by atoms with van der Waals surface area (Å²) >= 11 is 0. The van der Waals surface area contributed by atoms with Crippen LogP contribution in [0, 0.1) is 0 Å². The van der Waals surface area contributed by atoms with Crippen molar-refractivity contribution in [3.8, 4) is 0 Å². The average molecular weight is 221 g/mol. The van der Waals surface area contributed by atoms with E-state index < -0.39 is 23.5 Å². The van der Waals surface area contributed by atoms with Gasteiger partial charge in [0.1, 0.15) is 0 Å². The van der Waals surface area contributed by atoms with E-state index in [9.17, 15) is 18.0 Å². The quantitative estimate of drug-likeness (QED) is 0.817. The van der Waals surface area contributed by atoms with Crippen LogP contribution in [0.2, 0.25) is 0 Å². The van der Waals surface area contributed by atoms with Crippen LogP contribution in [-0.2, 0) is 6.18 Å². The highest BCUT2D eigenvalue weighted by Gasteiger charge is 2.44. The number of hydrogen-bond acceptors (Lipinski definition) is 3. The van der Waals surface area contributed by atoms with Crippen LogP contribution in [-0.4, -0.2) is 26.1 Å². The first-order chi connectivity index (χ1) is 6.91. The molecule has 1 aliphatic rings. The van der Waals surface area contributed by atoms with E-state index in [2.05, 4.69) is 10.3 Å². The zero-order valence-electron chi connectivity index (χ0n) is 7.32. The van der Waals surface area contributed by atoms with Gasteiger partial charge in [-0.05, 0) is 12.8 Å². The molecule has 1 heterocycles. The van der Waals surface area contributed by atoms with Gasteiger partial charge in [-0.2, -0.15) is 13.2 Å². The Hall–Kier alpha value is -1.60. The summed E-state index contributed by atoms with van der Waals surface area (Å²) in [5, 5.41) is 14.8. The van der Waals surface area contributed by atoms with Gasteiger partial charge in [0.05, 0.1) is 6.04 Å². The molecule has 0 aromatic carbocycles. The molecule has 0 unspecified atom stereocenters. The van der Waals surface area contributed by atoms with Gasteiger partial charge in [0, 0.05) is 0 Å². The van der Waals surface area contributed by atoms with E-state index in [1.54, 1.807) is 0 Å². The van der Waals surface area contributed by atoms with E-state index in [4.69, 9.17) is 5.11 Å². The molecule has 0 aliphatic heterocycles. The van der Waals surface area contributed by atoms with Crippen LogP contribution in [0.3, 0.4) is 0 Å². The Balaban J connectivity index is 2.53. The Morgan fingerprint density at radius 1 is 1.47 bits per heavy atom. The third-order valence-electron chi connectivity index (χ3n) is 2.06. The second kappa shape index (κ2) is 2.94. The average Bonchev–Trinajstić information content (AvgIpc) is 2.81. The van der Waals surface area contributed by atoms with Gasteiger partial charge in [-0.15, -0.1) is 5.10 Å². The van der Waals surface area contributed by atoms with Crippen LogP contribution in [0.25, 0.3) is 0 Å². The second-order valence-corrected chi connectivity index (χ2v) is 3.27. The second-order valence-electron chi connectivity index (χ2n) is 3.27. The molecule has 0 bridgehead atoms. The normalized spacial score (nSPS) is 16.7. The summed E-state index contributed by atoms with van der Waals surface area (Å²) in [7, 11) is 0. The number of carbonyl (C=O) groups is 1. The van der Waals surface area contributed by atoms with Gasteiger partial charge in [0.25, 0.3) is 0 Å². The van der Waals surface area contributed by atoms with Crippen molar-refractivity contribution in [3.63, 3.8) is 0 Å². The van der Waals surface area contributed by atoms with Crippen LogP contribution < -0.4 is 0 Å². The minimum atomic E-state index is -4.74. The van der Waals surface area contributed by atoms with E-state index in [-0.39, 0.29) is 6.04 Å². The molecular weight excluding hydrogens is 215 g/mol. The number of hydrogen-bond donors (Lipinski definition) is 1. The summed E-state index contributed by atoms with van der Waals surface area (Å²) in [5.74, 6) is -1.71. The lowest BCUT2D eigenvalue weighted by Crippen LogP contribution is -2.17. The molecule has 5 nitrogen and oxygen atoms in total. The number of aromatic carboxylic acids is 1. The number of carboxylic acids is 1. The number of carboxylic acid groups (broad SMARTS) is 1. The molecule has 0 saturated heterocycles. The van der Waals surface area contributed by atoms with Crippen LogP contribution in [0.1, 0.15) is 35.1 Å². The standard InChI is InChI=1S/C7H6F3N3O2/c8-7(9,10)5-4(6(14)15)11-12-13(5)3-1-2-3/h3H,1-2H2,(H,14,15). The molecule has 0 radical (unpaired) electrons. The summed E-state index contributed by atoms with van der Waals surface area (Å²) in [4.78, 5) is 10.5. The lowest BCUT2D eigenvalue weighted by molar-refractivity contribution is -0.144. The molecular formula is C7H6F3N3O2. The molecule has 8 heteroatoms. The smallest absolute Gasteiger partial charge is 0.435 e.